The van der Waals surface area contributed by atoms with Crippen molar-refractivity contribution in [3.63, 3.8) is 0 Å². The van der Waals surface area contributed by atoms with Crippen LogP contribution in [-0.4, -0.2) is 76.8 Å². The molecule has 2 N–H and O–H groups in total. The minimum absolute atomic E-state index is 0.0190. The number of aliphatic hydroxyl groups is 1. The fraction of sp³-hybridized carbons (Fsp3) is 0.391. The number of nitrogens with one attached hydrogen (secondary N) is 1. The Labute approximate surface area is 186 Å². The fourth-order valence-electron chi connectivity index (χ4n) is 4.10. The van der Waals surface area contributed by atoms with Crippen LogP contribution in [-0.2, 0) is 14.3 Å². The van der Waals surface area contributed by atoms with Gasteiger partial charge in [-0.1, -0.05) is 6.07 Å². The van der Waals surface area contributed by atoms with E-state index in [1.165, 1.54) is 12.0 Å². The molecule has 0 radical (unpaired) electrons. The van der Waals surface area contributed by atoms with E-state index in [4.69, 9.17) is 4.74 Å². The van der Waals surface area contributed by atoms with Gasteiger partial charge >= 0.3 is 5.97 Å². The molecule has 3 rings (SSSR count). The van der Waals surface area contributed by atoms with E-state index in [0.29, 0.717) is 35.3 Å². The molecule has 1 aliphatic heterocycles. The molecule has 0 aliphatic carbocycles. The molecule has 2 aromatic rings. The molecule has 0 saturated carbocycles. The lowest BCUT2D eigenvalue weighted by Crippen LogP contribution is -2.32. The van der Waals surface area contributed by atoms with E-state index in [9.17, 15) is 19.5 Å². The molecular formula is C23H28N4O5. The number of aromatic amines is 1. The summed E-state index contributed by atoms with van der Waals surface area (Å²) in [6.45, 7) is 4.41. The lowest BCUT2D eigenvalue weighted by molar-refractivity contribution is -0.139. The number of likely N-dealkylation sites (tertiary alicyclic amines) is 1. The van der Waals surface area contributed by atoms with Crippen LogP contribution in [0.5, 0.6) is 0 Å². The van der Waals surface area contributed by atoms with Crippen LogP contribution < -0.4 is 0 Å². The molecule has 170 valence electrons. The number of aromatic nitrogens is 2. The highest BCUT2D eigenvalue weighted by molar-refractivity contribution is 6.46. The lowest BCUT2D eigenvalue weighted by Gasteiger charge is -2.25. The first kappa shape index (κ1) is 23.2. The molecule has 1 atom stereocenters. The molecule has 1 unspecified atom stereocenters. The van der Waals surface area contributed by atoms with E-state index in [-0.39, 0.29) is 17.0 Å². The Morgan fingerprint density at radius 1 is 1.31 bits per heavy atom. The van der Waals surface area contributed by atoms with Crippen LogP contribution in [0.1, 0.15) is 45.3 Å². The van der Waals surface area contributed by atoms with Gasteiger partial charge in [0.05, 0.1) is 18.7 Å². The number of hydrogen-bond acceptors (Lipinski definition) is 7. The Balaban J connectivity index is 2.15. The van der Waals surface area contributed by atoms with E-state index in [1.807, 2.05) is 19.0 Å². The highest BCUT2D eigenvalue weighted by atomic mass is 16.5. The molecule has 0 spiro atoms. The third-order valence-electron chi connectivity index (χ3n) is 5.61. The minimum atomic E-state index is -0.777. The van der Waals surface area contributed by atoms with Crippen molar-refractivity contribution < 1.29 is 24.2 Å². The van der Waals surface area contributed by atoms with Crippen molar-refractivity contribution in [1.29, 1.82) is 0 Å². The summed E-state index contributed by atoms with van der Waals surface area (Å²) < 4.78 is 4.79. The van der Waals surface area contributed by atoms with Gasteiger partial charge in [0, 0.05) is 30.2 Å². The summed E-state index contributed by atoms with van der Waals surface area (Å²) in [5.41, 5.74) is 2.03. The minimum Gasteiger partial charge on any atom is -0.507 e. The quantitative estimate of drug-likeness (QED) is 0.293. The molecule has 1 fully saturated rings. The van der Waals surface area contributed by atoms with E-state index in [0.717, 1.165) is 6.54 Å². The molecule has 1 amide bonds. The van der Waals surface area contributed by atoms with Crippen LogP contribution in [0.25, 0.3) is 5.76 Å². The van der Waals surface area contributed by atoms with Crippen molar-refractivity contribution in [2.75, 3.05) is 34.3 Å². The highest BCUT2D eigenvalue weighted by Gasteiger charge is 2.46. The van der Waals surface area contributed by atoms with Gasteiger partial charge in [0.2, 0.25) is 0 Å². The maximum absolute atomic E-state index is 13.1. The van der Waals surface area contributed by atoms with Crippen molar-refractivity contribution >= 4 is 23.4 Å². The van der Waals surface area contributed by atoms with Crippen LogP contribution in [0.15, 0.2) is 30.1 Å². The zero-order valence-corrected chi connectivity index (χ0v) is 18.9. The Morgan fingerprint density at radius 2 is 2.03 bits per heavy atom. The van der Waals surface area contributed by atoms with Crippen molar-refractivity contribution in [2.45, 2.75) is 26.3 Å². The molecule has 9 nitrogen and oxygen atoms in total. The molecular weight excluding hydrogens is 412 g/mol. The highest BCUT2D eigenvalue weighted by Crippen LogP contribution is 2.40. The summed E-state index contributed by atoms with van der Waals surface area (Å²) in [6, 6.07) is 2.71. The van der Waals surface area contributed by atoms with Gasteiger partial charge in [-0.3, -0.25) is 14.6 Å². The number of rotatable bonds is 7. The number of aryl methyl sites for hydroxylation is 1. The molecule has 0 bridgehead atoms. The first-order valence-corrected chi connectivity index (χ1v) is 10.3. The zero-order valence-electron chi connectivity index (χ0n) is 18.9. The summed E-state index contributed by atoms with van der Waals surface area (Å²) in [5, 5.41) is 11.3. The standard InChI is InChI=1S/C23H28N4O5/c1-13-16(14(2)25-18(13)23(31)32-5)20(28)17-19(15-8-6-9-24-12-15)27(22(30)21(17)29)11-7-10-26(3)4/h6,8-9,12,19,25,28H,7,10-11H2,1-5H3/b20-17+. The van der Waals surface area contributed by atoms with Gasteiger partial charge in [-0.05, 0) is 58.1 Å². The van der Waals surface area contributed by atoms with Crippen molar-refractivity contribution in [1.82, 2.24) is 19.8 Å². The lowest BCUT2D eigenvalue weighted by atomic mass is 9.95. The SMILES string of the molecule is COC(=O)c1[nH]c(C)c(/C(O)=C2\C(=O)C(=O)N(CCCN(C)C)C2c2cccnc2)c1C. The smallest absolute Gasteiger partial charge is 0.354 e. The first-order valence-electron chi connectivity index (χ1n) is 10.3. The van der Waals surface area contributed by atoms with Gasteiger partial charge in [0.1, 0.15) is 11.5 Å². The predicted molar refractivity (Wildman–Crippen MR) is 118 cm³/mol. The van der Waals surface area contributed by atoms with Crippen LogP contribution in [0, 0.1) is 13.8 Å². The average Bonchev–Trinajstić information content (AvgIpc) is 3.20. The maximum atomic E-state index is 13.1. The number of ether oxygens (including phenoxy) is 1. The summed E-state index contributed by atoms with van der Waals surface area (Å²) in [6.07, 6.45) is 3.84. The van der Waals surface area contributed by atoms with Gasteiger partial charge in [0.15, 0.2) is 0 Å². The molecule has 1 saturated heterocycles. The Morgan fingerprint density at radius 3 is 2.62 bits per heavy atom. The van der Waals surface area contributed by atoms with Crippen LogP contribution in [0.4, 0.5) is 0 Å². The number of carbonyl (C=O) groups excluding carboxylic acids is 3. The second kappa shape index (κ2) is 9.35. The molecule has 9 heteroatoms. The number of hydrogen-bond donors (Lipinski definition) is 2. The normalized spacial score (nSPS) is 17.9. The van der Waals surface area contributed by atoms with Gasteiger partial charge < -0.3 is 24.6 Å². The summed E-state index contributed by atoms with van der Waals surface area (Å²) >= 11 is 0. The summed E-state index contributed by atoms with van der Waals surface area (Å²) in [4.78, 5) is 48.6. The van der Waals surface area contributed by atoms with Gasteiger partial charge in [0.25, 0.3) is 11.7 Å². The summed E-state index contributed by atoms with van der Waals surface area (Å²) in [5.74, 6) is -2.34. The molecule has 3 heterocycles. The van der Waals surface area contributed by atoms with Gasteiger partial charge in [-0.25, -0.2) is 4.79 Å². The number of methoxy groups -OCH3 is 1. The number of amides is 1. The summed E-state index contributed by atoms with van der Waals surface area (Å²) in [7, 11) is 5.13. The second-order valence-electron chi connectivity index (χ2n) is 8.05. The Kier molecular flexibility index (Phi) is 6.78. The molecule has 32 heavy (non-hydrogen) atoms. The molecule has 2 aromatic heterocycles. The molecule has 0 aromatic carbocycles. The van der Waals surface area contributed by atoms with E-state index < -0.39 is 23.7 Å². The number of aliphatic hydroxyl groups excluding tert-OH is 1. The Bertz CT molecular complexity index is 1070. The molecule has 1 aliphatic rings. The van der Waals surface area contributed by atoms with Gasteiger partial charge in [-0.15, -0.1) is 0 Å². The van der Waals surface area contributed by atoms with Crippen LogP contribution in [0.2, 0.25) is 0 Å². The second-order valence-corrected chi connectivity index (χ2v) is 8.05. The number of nitrogens with zero attached hydrogens (tertiary/aromatic N) is 3. The monoisotopic (exact) mass is 440 g/mol. The predicted octanol–water partition coefficient (Wildman–Crippen LogP) is 2.19. The van der Waals surface area contributed by atoms with E-state index in [2.05, 4.69) is 9.97 Å². The largest absolute Gasteiger partial charge is 0.507 e. The Hall–Kier alpha value is -3.46. The van der Waals surface area contributed by atoms with E-state index >= 15 is 0 Å². The first-order chi connectivity index (χ1) is 15.2. The fourth-order valence-corrected chi connectivity index (χ4v) is 4.10. The van der Waals surface area contributed by atoms with Gasteiger partial charge in [-0.2, -0.15) is 0 Å². The number of pyridine rings is 1. The van der Waals surface area contributed by atoms with Crippen molar-refractivity contribution in [2.24, 2.45) is 0 Å². The van der Waals surface area contributed by atoms with Crippen molar-refractivity contribution in [3.05, 3.63) is 58.2 Å². The number of Topliss-reactive ketones (excluding diaryl/α,β-unsaturated/α-hetero) is 1. The number of carbonyl (C=O) groups is 3. The van der Waals surface area contributed by atoms with Crippen LogP contribution >= 0.6 is 0 Å². The van der Waals surface area contributed by atoms with Crippen molar-refractivity contribution in [3.8, 4) is 0 Å². The van der Waals surface area contributed by atoms with E-state index in [1.54, 1.807) is 38.4 Å². The number of esters is 1. The number of H-pyrrole nitrogens is 1. The van der Waals surface area contributed by atoms with Crippen LogP contribution in [0.3, 0.4) is 0 Å². The topological polar surface area (TPSA) is 116 Å². The third-order valence-corrected chi connectivity index (χ3v) is 5.61. The average molecular weight is 441 g/mol. The third kappa shape index (κ3) is 4.16. The number of ketones is 1. The zero-order chi connectivity index (χ0) is 23.6. The maximum Gasteiger partial charge on any atom is 0.354 e.